The van der Waals surface area contributed by atoms with Gasteiger partial charge in [-0.3, -0.25) is 5.01 Å². The predicted octanol–water partition coefficient (Wildman–Crippen LogP) is 0.971. The van der Waals surface area contributed by atoms with E-state index in [0.29, 0.717) is 6.04 Å². The molecular weight excluding hydrogens is 138 g/mol. The van der Waals surface area contributed by atoms with Crippen molar-refractivity contribution in [2.75, 3.05) is 0 Å². The van der Waals surface area contributed by atoms with Crippen molar-refractivity contribution in [1.29, 1.82) is 0 Å². The zero-order valence-electron chi connectivity index (χ0n) is 6.88. The molecule has 0 aromatic heterocycles. The van der Waals surface area contributed by atoms with E-state index in [9.17, 15) is 0 Å². The van der Waals surface area contributed by atoms with Crippen LogP contribution in [0.25, 0.3) is 0 Å². The lowest BCUT2D eigenvalue weighted by atomic mass is 10.1. The first kappa shape index (κ1) is 6.98. The lowest BCUT2D eigenvalue weighted by molar-refractivity contribution is 0.196. The minimum Gasteiger partial charge on any atom is -0.310 e. The summed E-state index contributed by atoms with van der Waals surface area (Å²) in [6.45, 7) is 2.33. The second kappa shape index (κ2) is 2.74. The van der Waals surface area contributed by atoms with Gasteiger partial charge >= 0.3 is 0 Å². The van der Waals surface area contributed by atoms with Crippen LogP contribution in [0.2, 0.25) is 0 Å². The van der Waals surface area contributed by atoms with Crippen LogP contribution in [0.15, 0.2) is 12.4 Å². The highest BCUT2D eigenvalue weighted by molar-refractivity contribution is 4.90. The lowest BCUT2D eigenvalue weighted by Gasteiger charge is -2.22. The number of hydrogen-bond donors (Lipinski definition) is 2. The first-order valence-electron chi connectivity index (χ1n) is 4.32. The molecule has 0 saturated heterocycles. The quantitative estimate of drug-likeness (QED) is 0.588. The highest BCUT2D eigenvalue weighted by atomic mass is 15.7. The topological polar surface area (TPSA) is 27.3 Å². The average Bonchev–Trinajstić information content (AvgIpc) is 2.55. The zero-order valence-corrected chi connectivity index (χ0v) is 6.88. The molecule has 3 heteroatoms. The molecule has 2 rings (SSSR count). The third-order valence-electron chi connectivity index (χ3n) is 2.57. The van der Waals surface area contributed by atoms with Crippen LogP contribution in [-0.2, 0) is 0 Å². The molecule has 0 radical (unpaired) electrons. The van der Waals surface area contributed by atoms with Gasteiger partial charge < -0.3 is 5.43 Å². The third kappa shape index (κ3) is 1.33. The van der Waals surface area contributed by atoms with E-state index >= 15 is 0 Å². The maximum absolute atomic E-state index is 3.09. The van der Waals surface area contributed by atoms with Gasteiger partial charge in [0.05, 0.1) is 0 Å². The molecule has 2 aliphatic rings. The van der Waals surface area contributed by atoms with Crippen LogP contribution in [-0.4, -0.2) is 11.1 Å². The Bertz CT molecular complexity index is 167. The molecule has 11 heavy (non-hydrogen) atoms. The standard InChI is InChI=1S/C8H15N3/c1-7-2-3-8(6-7)11-5-4-9-10-11/h4-5,7-10H,2-3,6H2,1H3. The molecular formula is C8H15N3. The summed E-state index contributed by atoms with van der Waals surface area (Å²) in [5.74, 6) is 0.899. The average molecular weight is 153 g/mol. The summed E-state index contributed by atoms with van der Waals surface area (Å²) in [7, 11) is 0. The van der Waals surface area contributed by atoms with Crippen LogP contribution in [0.3, 0.4) is 0 Å². The minimum atomic E-state index is 0.705. The first-order chi connectivity index (χ1) is 5.36. The SMILES string of the molecule is CC1CCC(N2C=CNN2)C1. The molecule has 0 spiro atoms. The van der Waals surface area contributed by atoms with E-state index in [2.05, 4.69) is 29.1 Å². The summed E-state index contributed by atoms with van der Waals surface area (Å²) in [5.41, 5.74) is 6.05. The van der Waals surface area contributed by atoms with Crippen LogP contribution in [0, 0.1) is 5.92 Å². The van der Waals surface area contributed by atoms with Crippen LogP contribution in [0.1, 0.15) is 26.2 Å². The summed E-state index contributed by atoms with van der Waals surface area (Å²) >= 11 is 0. The third-order valence-corrected chi connectivity index (χ3v) is 2.57. The fourth-order valence-electron chi connectivity index (χ4n) is 1.91. The molecule has 1 aliphatic heterocycles. The molecule has 2 N–H and O–H groups in total. The Kier molecular flexibility index (Phi) is 1.74. The highest BCUT2D eigenvalue weighted by Crippen LogP contribution is 2.28. The smallest absolute Gasteiger partial charge is 0.0469 e. The monoisotopic (exact) mass is 153 g/mol. The minimum absolute atomic E-state index is 0.705. The summed E-state index contributed by atoms with van der Waals surface area (Å²) in [5, 5.41) is 2.17. The number of hydrogen-bond acceptors (Lipinski definition) is 3. The highest BCUT2D eigenvalue weighted by Gasteiger charge is 2.26. The Morgan fingerprint density at radius 2 is 2.36 bits per heavy atom. The Labute approximate surface area is 67.4 Å². The molecule has 0 aromatic rings. The van der Waals surface area contributed by atoms with E-state index in [0.717, 1.165) is 5.92 Å². The maximum Gasteiger partial charge on any atom is 0.0469 e. The van der Waals surface area contributed by atoms with Crippen LogP contribution in [0.4, 0.5) is 0 Å². The molecule has 2 atom stereocenters. The van der Waals surface area contributed by atoms with Crippen LogP contribution >= 0.6 is 0 Å². The van der Waals surface area contributed by atoms with Gasteiger partial charge in [-0.2, -0.15) is 0 Å². The van der Waals surface area contributed by atoms with Crippen molar-refractivity contribution in [2.24, 2.45) is 5.92 Å². The van der Waals surface area contributed by atoms with Crippen molar-refractivity contribution in [2.45, 2.75) is 32.2 Å². The molecule has 1 heterocycles. The van der Waals surface area contributed by atoms with Gasteiger partial charge in [-0.05, 0) is 25.2 Å². The maximum atomic E-state index is 3.09. The van der Waals surface area contributed by atoms with Gasteiger partial charge in [0, 0.05) is 18.4 Å². The molecule has 2 unspecified atom stereocenters. The fraction of sp³-hybridized carbons (Fsp3) is 0.750. The first-order valence-corrected chi connectivity index (χ1v) is 4.32. The van der Waals surface area contributed by atoms with Gasteiger partial charge in [0.15, 0.2) is 0 Å². The van der Waals surface area contributed by atoms with Gasteiger partial charge in [0.25, 0.3) is 0 Å². The molecule has 1 aliphatic carbocycles. The Morgan fingerprint density at radius 3 is 2.91 bits per heavy atom. The van der Waals surface area contributed by atoms with Crippen molar-refractivity contribution in [3.63, 3.8) is 0 Å². The molecule has 1 saturated carbocycles. The zero-order chi connectivity index (χ0) is 7.68. The number of nitrogens with one attached hydrogen (secondary N) is 2. The van der Waals surface area contributed by atoms with E-state index in [4.69, 9.17) is 0 Å². The van der Waals surface area contributed by atoms with Crippen molar-refractivity contribution in [1.82, 2.24) is 16.0 Å². The van der Waals surface area contributed by atoms with E-state index < -0.39 is 0 Å². The van der Waals surface area contributed by atoms with Crippen molar-refractivity contribution < 1.29 is 0 Å². The van der Waals surface area contributed by atoms with E-state index in [1.54, 1.807) is 0 Å². The Morgan fingerprint density at radius 1 is 1.45 bits per heavy atom. The fourth-order valence-corrected chi connectivity index (χ4v) is 1.91. The second-order valence-electron chi connectivity index (χ2n) is 3.55. The molecule has 3 nitrogen and oxygen atoms in total. The van der Waals surface area contributed by atoms with Gasteiger partial charge in [-0.25, -0.2) is 0 Å². The van der Waals surface area contributed by atoms with E-state index in [1.165, 1.54) is 19.3 Å². The molecule has 0 aromatic carbocycles. The van der Waals surface area contributed by atoms with Crippen LogP contribution < -0.4 is 11.0 Å². The number of nitrogens with zero attached hydrogens (tertiary/aromatic N) is 1. The van der Waals surface area contributed by atoms with Crippen molar-refractivity contribution in [3.05, 3.63) is 12.4 Å². The number of rotatable bonds is 1. The summed E-state index contributed by atoms with van der Waals surface area (Å²) in [4.78, 5) is 0. The Hall–Kier alpha value is -0.700. The normalized spacial score (nSPS) is 36.3. The summed E-state index contributed by atoms with van der Waals surface area (Å²) in [6.07, 6.45) is 8.02. The van der Waals surface area contributed by atoms with Gasteiger partial charge in [0.1, 0.15) is 0 Å². The summed E-state index contributed by atoms with van der Waals surface area (Å²) < 4.78 is 0. The second-order valence-corrected chi connectivity index (χ2v) is 3.55. The predicted molar refractivity (Wildman–Crippen MR) is 44.1 cm³/mol. The lowest BCUT2D eigenvalue weighted by Crippen LogP contribution is -2.41. The largest absolute Gasteiger partial charge is 0.310 e. The van der Waals surface area contributed by atoms with Crippen molar-refractivity contribution >= 4 is 0 Å². The summed E-state index contributed by atoms with van der Waals surface area (Å²) in [6, 6.07) is 0.705. The van der Waals surface area contributed by atoms with Crippen molar-refractivity contribution in [3.8, 4) is 0 Å². The van der Waals surface area contributed by atoms with Gasteiger partial charge in [-0.15, -0.1) is 5.53 Å². The molecule has 62 valence electrons. The molecule has 0 amide bonds. The number of hydrazine groups is 2. The van der Waals surface area contributed by atoms with Gasteiger partial charge in [0.2, 0.25) is 0 Å². The Balaban J connectivity index is 1.90. The van der Waals surface area contributed by atoms with Gasteiger partial charge in [-0.1, -0.05) is 6.92 Å². The molecule has 0 bridgehead atoms. The van der Waals surface area contributed by atoms with E-state index in [1.807, 2.05) is 6.20 Å². The van der Waals surface area contributed by atoms with Crippen LogP contribution in [0.5, 0.6) is 0 Å². The van der Waals surface area contributed by atoms with E-state index in [-0.39, 0.29) is 0 Å². The molecule has 1 fully saturated rings.